The topological polar surface area (TPSA) is 72.7 Å². The van der Waals surface area contributed by atoms with Crippen LogP contribution in [0.5, 0.6) is 0 Å². The maximum atomic E-state index is 9.24. The zero-order valence-electron chi connectivity index (χ0n) is 6.45. The van der Waals surface area contributed by atoms with E-state index in [0.29, 0.717) is 19.4 Å². The first-order valence-electron chi connectivity index (χ1n) is 3.87. The van der Waals surface area contributed by atoms with E-state index in [9.17, 15) is 5.11 Å². The number of hydrogen-bond acceptors (Lipinski definition) is 4. The van der Waals surface area contributed by atoms with Gasteiger partial charge in [0.1, 0.15) is 0 Å². The Balaban J connectivity index is 2.52. The minimum absolute atomic E-state index is 0.124. The first-order chi connectivity index (χ1) is 5.22. The summed E-state index contributed by atoms with van der Waals surface area (Å²) < 4.78 is 0. The van der Waals surface area contributed by atoms with Crippen molar-refractivity contribution in [2.75, 3.05) is 19.8 Å². The molecule has 0 radical (unpaired) electrons. The van der Waals surface area contributed by atoms with Gasteiger partial charge in [-0.05, 0) is 19.4 Å². The van der Waals surface area contributed by atoms with Crippen molar-refractivity contribution in [3.8, 4) is 0 Å². The summed E-state index contributed by atoms with van der Waals surface area (Å²) >= 11 is 0. The van der Waals surface area contributed by atoms with Crippen LogP contribution in [0.4, 0.5) is 0 Å². The van der Waals surface area contributed by atoms with Crippen molar-refractivity contribution in [3.05, 3.63) is 0 Å². The molecule has 66 valence electrons. The number of aliphatic hydroxyl groups is 3. The third-order valence-corrected chi connectivity index (χ3v) is 2.21. The van der Waals surface area contributed by atoms with E-state index in [4.69, 9.17) is 10.2 Å². The second kappa shape index (κ2) is 3.49. The first-order valence-corrected chi connectivity index (χ1v) is 3.87. The Morgan fingerprint density at radius 1 is 1.36 bits per heavy atom. The Hall–Kier alpha value is -0.160. The van der Waals surface area contributed by atoms with Gasteiger partial charge in [-0.2, -0.15) is 0 Å². The van der Waals surface area contributed by atoms with Crippen molar-refractivity contribution in [3.63, 3.8) is 0 Å². The zero-order chi connectivity index (χ0) is 8.32. The molecule has 4 heteroatoms. The molecule has 0 aromatic rings. The Kier molecular flexibility index (Phi) is 2.84. The number of nitrogens with one attached hydrogen (secondary N) is 1. The Morgan fingerprint density at radius 3 is 2.36 bits per heavy atom. The number of rotatable bonds is 2. The van der Waals surface area contributed by atoms with Crippen molar-refractivity contribution < 1.29 is 15.3 Å². The van der Waals surface area contributed by atoms with Crippen LogP contribution in [0.25, 0.3) is 0 Å². The second-order valence-corrected chi connectivity index (χ2v) is 3.17. The molecule has 1 saturated heterocycles. The third kappa shape index (κ3) is 1.90. The molecular formula is C7H15NO3. The molecule has 0 aromatic heterocycles. The lowest BCUT2D eigenvalue weighted by atomic mass is 9.89. The standard InChI is InChI=1S/C7H15NO3/c9-4-7(5-10)3-6(11)1-2-8-7/h6,8-11H,1-5H2. The van der Waals surface area contributed by atoms with Crippen LogP contribution in [-0.4, -0.2) is 46.7 Å². The fraction of sp³-hybridized carbons (Fsp3) is 1.00. The lowest BCUT2D eigenvalue weighted by Gasteiger charge is -2.37. The highest BCUT2D eigenvalue weighted by molar-refractivity contribution is 4.92. The molecular weight excluding hydrogens is 146 g/mol. The number of hydrogen-bond donors (Lipinski definition) is 4. The Morgan fingerprint density at radius 2 is 2.00 bits per heavy atom. The summed E-state index contributed by atoms with van der Waals surface area (Å²) in [6.45, 7) is 0.406. The molecule has 1 aliphatic heterocycles. The highest BCUT2D eigenvalue weighted by atomic mass is 16.3. The van der Waals surface area contributed by atoms with Gasteiger partial charge < -0.3 is 20.6 Å². The quantitative estimate of drug-likeness (QED) is 0.396. The molecule has 1 heterocycles. The average molecular weight is 161 g/mol. The van der Waals surface area contributed by atoms with Crippen LogP contribution >= 0.6 is 0 Å². The fourth-order valence-corrected chi connectivity index (χ4v) is 1.42. The molecule has 0 spiro atoms. The molecule has 0 saturated carbocycles. The van der Waals surface area contributed by atoms with Gasteiger partial charge >= 0.3 is 0 Å². The van der Waals surface area contributed by atoms with Crippen LogP contribution in [0.2, 0.25) is 0 Å². The number of aliphatic hydroxyl groups excluding tert-OH is 3. The molecule has 4 nitrogen and oxygen atoms in total. The molecule has 1 atom stereocenters. The Labute approximate surface area is 65.9 Å². The largest absolute Gasteiger partial charge is 0.394 e. The second-order valence-electron chi connectivity index (χ2n) is 3.17. The molecule has 0 aromatic carbocycles. The maximum absolute atomic E-state index is 9.24. The maximum Gasteiger partial charge on any atom is 0.0672 e. The molecule has 11 heavy (non-hydrogen) atoms. The van der Waals surface area contributed by atoms with Crippen molar-refractivity contribution >= 4 is 0 Å². The zero-order valence-corrected chi connectivity index (χ0v) is 6.45. The summed E-state index contributed by atoms with van der Waals surface area (Å²) in [6, 6.07) is 0. The smallest absolute Gasteiger partial charge is 0.0672 e. The lowest BCUT2D eigenvalue weighted by Crippen LogP contribution is -2.57. The summed E-state index contributed by atoms with van der Waals surface area (Å²) in [5, 5.41) is 30.1. The van der Waals surface area contributed by atoms with Gasteiger partial charge in [0, 0.05) is 0 Å². The van der Waals surface area contributed by atoms with Crippen LogP contribution in [0.3, 0.4) is 0 Å². The van der Waals surface area contributed by atoms with Gasteiger partial charge in [-0.1, -0.05) is 0 Å². The van der Waals surface area contributed by atoms with E-state index in [0.717, 1.165) is 0 Å². The van der Waals surface area contributed by atoms with E-state index in [1.165, 1.54) is 0 Å². The molecule has 1 fully saturated rings. The Bertz CT molecular complexity index is 125. The van der Waals surface area contributed by atoms with Crippen LogP contribution in [-0.2, 0) is 0 Å². The monoisotopic (exact) mass is 161 g/mol. The van der Waals surface area contributed by atoms with E-state index in [1.54, 1.807) is 0 Å². The molecule has 0 aliphatic carbocycles. The van der Waals surface area contributed by atoms with Crippen LogP contribution < -0.4 is 5.32 Å². The highest BCUT2D eigenvalue weighted by Crippen LogP contribution is 2.18. The normalized spacial score (nSPS) is 30.3. The third-order valence-electron chi connectivity index (χ3n) is 2.21. The van der Waals surface area contributed by atoms with Gasteiger partial charge in [0.05, 0.1) is 24.9 Å². The van der Waals surface area contributed by atoms with Crippen molar-refractivity contribution in [1.29, 1.82) is 0 Å². The summed E-state index contributed by atoms with van der Waals surface area (Å²) in [7, 11) is 0. The summed E-state index contributed by atoms with van der Waals surface area (Å²) in [6.07, 6.45) is 0.734. The van der Waals surface area contributed by atoms with Gasteiger partial charge in [-0.15, -0.1) is 0 Å². The van der Waals surface area contributed by atoms with Crippen molar-refractivity contribution in [1.82, 2.24) is 5.32 Å². The van der Waals surface area contributed by atoms with Crippen LogP contribution in [0, 0.1) is 0 Å². The molecule has 1 rings (SSSR count). The van der Waals surface area contributed by atoms with Crippen molar-refractivity contribution in [2.45, 2.75) is 24.5 Å². The van der Waals surface area contributed by atoms with Crippen molar-refractivity contribution in [2.24, 2.45) is 0 Å². The molecule has 1 unspecified atom stereocenters. The summed E-state index contributed by atoms with van der Waals surface area (Å²) in [5.74, 6) is 0. The van der Waals surface area contributed by atoms with E-state index in [2.05, 4.69) is 5.32 Å². The van der Waals surface area contributed by atoms with Gasteiger partial charge in [0.15, 0.2) is 0 Å². The van der Waals surface area contributed by atoms with E-state index >= 15 is 0 Å². The average Bonchev–Trinajstić information content (AvgIpc) is 2.04. The van der Waals surface area contributed by atoms with Gasteiger partial charge in [0.2, 0.25) is 0 Å². The highest BCUT2D eigenvalue weighted by Gasteiger charge is 2.34. The SMILES string of the molecule is OCC1(CO)CC(O)CCN1. The minimum Gasteiger partial charge on any atom is -0.394 e. The first kappa shape index (κ1) is 8.93. The predicted octanol–water partition coefficient (Wildman–Crippen LogP) is -1.55. The van der Waals surface area contributed by atoms with E-state index < -0.39 is 11.6 Å². The summed E-state index contributed by atoms with van der Waals surface area (Å²) in [4.78, 5) is 0. The lowest BCUT2D eigenvalue weighted by molar-refractivity contribution is 0.0125. The molecule has 0 bridgehead atoms. The predicted molar refractivity (Wildman–Crippen MR) is 40.1 cm³/mol. The van der Waals surface area contributed by atoms with Crippen LogP contribution in [0.15, 0.2) is 0 Å². The van der Waals surface area contributed by atoms with Gasteiger partial charge in [0.25, 0.3) is 0 Å². The molecule has 1 aliphatic rings. The van der Waals surface area contributed by atoms with E-state index in [1.807, 2.05) is 0 Å². The number of piperidine rings is 1. The summed E-state index contributed by atoms with van der Waals surface area (Å²) in [5.41, 5.74) is -0.655. The fourth-order valence-electron chi connectivity index (χ4n) is 1.42. The van der Waals surface area contributed by atoms with E-state index in [-0.39, 0.29) is 13.2 Å². The molecule has 0 amide bonds. The minimum atomic E-state index is -0.655. The van der Waals surface area contributed by atoms with Gasteiger partial charge in [-0.3, -0.25) is 0 Å². The van der Waals surface area contributed by atoms with Gasteiger partial charge in [-0.25, -0.2) is 0 Å². The van der Waals surface area contributed by atoms with Crippen LogP contribution in [0.1, 0.15) is 12.8 Å². The molecule has 4 N–H and O–H groups in total.